The summed E-state index contributed by atoms with van der Waals surface area (Å²) in [5.41, 5.74) is -0.848. The van der Waals surface area contributed by atoms with Crippen LogP contribution in [0.5, 0.6) is 0 Å². The van der Waals surface area contributed by atoms with Crippen molar-refractivity contribution in [3.05, 3.63) is 0 Å². The van der Waals surface area contributed by atoms with Gasteiger partial charge in [0.25, 0.3) is 0 Å². The van der Waals surface area contributed by atoms with Crippen LogP contribution in [0.3, 0.4) is 0 Å². The van der Waals surface area contributed by atoms with Gasteiger partial charge in [0.15, 0.2) is 0 Å². The van der Waals surface area contributed by atoms with Gasteiger partial charge in [-0.2, -0.15) is 0 Å². The lowest BCUT2D eigenvalue weighted by Gasteiger charge is -2.34. The van der Waals surface area contributed by atoms with Crippen LogP contribution in [0.2, 0.25) is 0 Å². The van der Waals surface area contributed by atoms with Crippen molar-refractivity contribution in [1.82, 2.24) is 10.2 Å². The Hall–Kier alpha value is -0.610. The molecule has 4 nitrogen and oxygen atoms in total. The fourth-order valence-electron chi connectivity index (χ4n) is 2.23. The molecule has 1 atom stereocenters. The standard InChI is InChI=1S/C13H26N2O2/c1-5-15(8-11-6-7-11)9-13(4,12(16)17)14-10(2)3/h10-11,14H,5-9H2,1-4H3,(H,16,17). The summed E-state index contributed by atoms with van der Waals surface area (Å²) in [5, 5.41) is 12.6. The summed E-state index contributed by atoms with van der Waals surface area (Å²) in [6.07, 6.45) is 2.61. The Morgan fingerprint density at radius 1 is 1.53 bits per heavy atom. The molecule has 17 heavy (non-hydrogen) atoms. The van der Waals surface area contributed by atoms with Gasteiger partial charge in [0, 0.05) is 19.1 Å². The molecule has 4 heteroatoms. The van der Waals surface area contributed by atoms with E-state index >= 15 is 0 Å². The molecule has 0 bridgehead atoms. The molecule has 0 heterocycles. The average molecular weight is 242 g/mol. The number of carbonyl (C=O) groups is 1. The second-order valence-corrected chi connectivity index (χ2v) is 5.71. The maximum Gasteiger partial charge on any atom is 0.324 e. The lowest BCUT2D eigenvalue weighted by molar-refractivity contribution is -0.145. The van der Waals surface area contributed by atoms with E-state index < -0.39 is 11.5 Å². The minimum Gasteiger partial charge on any atom is -0.480 e. The van der Waals surface area contributed by atoms with Gasteiger partial charge < -0.3 is 10.0 Å². The summed E-state index contributed by atoms with van der Waals surface area (Å²) >= 11 is 0. The predicted octanol–water partition coefficient (Wildman–Crippen LogP) is 1.56. The Labute approximate surface area is 104 Å². The molecule has 1 fully saturated rings. The molecule has 0 amide bonds. The lowest BCUT2D eigenvalue weighted by Crippen LogP contribution is -2.59. The number of carboxylic acid groups (broad SMARTS) is 1. The molecular formula is C13H26N2O2. The molecule has 1 aliphatic carbocycles. The van der Waals surface area contributed by atoms with Crippen LogP contribution >= 0.6 is 0 Å². The summed E-state index contributed by atoms with van der Waals surface area (Å²) in [5.74, 6) is 0.0347. The van der Waals surface area contributed by atoms with Gasteiger partial charge in [-0.15, -0.1) is 0 Å². The van der Waals surface area contributed by atoms with Gasteiger partial charge in [0.05, 0.1) is 0 Å². The number of carboxylic acids is 1. The van der Waals surface area contributed by atoms with Crippen molar-refractivity contribution in [3.63, 3.8) is 0 Å². The first kappa shape index (κ1) is 14.5. The number of hydrogen-bond acceptors (Lipinski definition) is 3. The van der Waals surface area contributed by atoms with E-state index in [1.807, 2.05) is 13.8 Å². The van der Waals surface area contributed by atoms with Crippen molar-refractivity contribution < 1.29 is 9.90 Å². The van der Waals surface area contributed by atoms with Gasteiger partial charge >= 0.3 is 5.97 Å². The van der Waals surface area contributed by atoms with E-state index in [1.165, 1.54) is 12.8 Å². The maximum atomic E-state index is 11.4. The van der Waals surface area contributed by atoms with Crippen LogP contribution in [0.15, 0.2) is 0 Å². The van der Waals surface area contributed by atoms with Crippen LogP contribution < -0.4 is 5.32 Å². The van der Waals surface area contributed by atoms with E-state index in [9.17, 15) is 9.90 Å². The Morgan fingerprint density at radius 2 is 2.12 bits per heavy atom. The van der Waals surface area contributed by atoms with Crippen LogP contribution in [-0.4, -0.2) is 47.2 Å². The van der Waals surface area contributed by atoms with Crippen molar-refractivity contribution in [2.24, 2.45) is 5.92 Å². The number of likely N-dealkylation sites (N-methyl/N-ethyl adjacent to an activating group) is 1. The Morgan fingerprint density at radius 3 is 2.47 bits per heavy atom. The first-order valence-corrected chi connectivity index (χ1v) is 6.61. The highest BCUT2D eigenvalue weighted by molar-refractivity contribution is 5.78. The number of nitrogens with one attached hydrogen (secondary N) is 1. The normalized spacial score (nSPS) is 19.6. The zero-order chi connectivity index (χ0) is 13.1. The molecule has 0 aromatic carbocycles. The van der Waals surface area contributed by atoms with Crippen molar-refractivity contribution in [2.45, 2.75) is 52.1 Å². The zero-order valence-electron chi connectivity index (χ0n) is 11.5. The molecule has 0 aliphatic heterocycles. The van der Waals surface area contributed by atoms with Crippen LogP contribution in [0, 0.1) is 5.92 Å². The third kappa shape index (κ3) is 4.64. The molecule has 0 radical (unpaired) electrons. The van der Waals surface area contributed by atoms with Gasteiger partial charge in [0.2, 0.25) is 0 Å². The van der Waals surface area contributed by atoms with Crippen molar-refractivity contribution in [2.75, 3.05) is 19.6 Å². The number of rotatable bonds is 8. The molecular weight excluding hydrogens is 216 g/mol. The molecule has 0 saturated heterocycles. The molecule has 100 valence electrons. The summed E-state index contributed by atoms with van der Waals surface area (Å²) in [7, 11) is 0. The first-order chi connectivity index (χ1) is 7.87. The number of nitrogens with zero attached hydrogens (tertiary/aromatic N) is 1. The average Bonchev–Trinajstić information content (AvgIpc) is 2.99. The molecule has 0 spiro atoms. The van der Waals surface area contributed by atoms with E-state index in [0.717, 1.165) is 19.0 Å². The Bertz CT molecular complexity index is 264. The minimum absolute atomic E-state index is 0.177. The summed E-state index contributed by atoms with van der Waals surface area (Å²) in [6.45, 7) is 10.4. The van der Waals surface area contributed by atoms with E-state index in [0.29, 0.717) is 6.54 Å². The molecule has 2 N–H and O–H groups in total. The highest BCUT2D eigenvalue weighted by Crippen LogP contribution is 2.30. The quantitative estimate of drug-likeness (QED) is 0.678. The lowest BCUT2D eigenvalue weighted by atomic mass is 10.0. The van der Waals surface area contributed by atoms with Crippen LogP contribution in [0.1, 0.15) is 40.5 Å². The predicted molar refractivity (Wildman–Crippen MR) is 69.2 cm³/mol. The Kier molecular flexibility index (Phi) is 4.95. The maximum absolute atomic E-state index is 11.4. The minimum atomic E-state index is -0.848. The summed E-state index contributed by atoms with van der Waals surface area (Å²) in [4.78, 5) is 13.7. The fraction of sp³-hybridized carbons (Fsp3) is 0.923. The van der Waals surface area contributed by atoms with Crippen molar-refractivity contribution in [3.8, 4) is 0 Å². The van der Waals surface area contributed by atoms with E-state index in [1.54, 1.807) is 6.92 Å². The number of aliphatic carboxylic acids is 1. The monoisotopic (exact) mass is 242 g/mol. The third-order valence-electron chi connectivity index (χ3n) is 3.28. The highest BCUT2D eigenvalue weighted by Gasteiger charge is 2.36. The smallest absolute Gasteiger partial charge is 0.324 e. The first-order valence-electron chi connectivity index (χ1n) is 6.61. The Balaban J connectivity index is 2.58. The summed E-state index contributed by atoms with van der Waals surface area (Å²) in [6, 6.07) is 0.177. The largest absolute Gasteiger partial charge is 0.480 e. The SMILES string of the molecule is CCN(CC1CC1)CC(C)(NC(C)C)C(=O)O. The fourth-order valence-corrected chi connectivity index (χ4v) is 2.23. The molecule has 1 saturated carbocycles. The third-order valence-corrected chi connectivity index (χ3v) is 3.28. The van der Waals surface area contributed by atoms with E-state index in [-0.39, 0.29) is 6.04 Å². The van der Waals surface area contributed by atoms with E-state index in [4.69, 9.17) is 0 Å². The molecule has 1 unspecified atom stereocenters. The van der Waals surface area contributed by atoms with E-state index in [2.05, 4.69) is 17.1 Å². The van der Waals surface area contributed by atoms with Crippen LogP contribution in [0.4, 0.5) is 0 Å². The molecule has 0 aromatic rings. The number of hydrogen-bond donors (Lipinski definition) is 2. The molecule has 1 aliphatic rings. The second-order valence-electron chi connectivity index (χ2n) is 5.71. The summed E-state index contributed by atoms with van der Waals surface area (Å²) < 4.78 is 0. The van der Waals surface area contributed by atoms with Gasteiger partial charge in [-0.1, -0.05) is 6.92 Å². The van der Waals surface area contributed by atoms with Crippen molar-refractivity contribution >= 4 is 5.97 Å². The zero-order valence-corrected chi connectivity index (χ0v) is 11.5. The van der Waals surface area contributed by atoms with Crippen LogP contribution in [-0.2, 0) is 4.79 Å². The molecule has 1 rings (SSSR count). The van der Waals surface area contributed by atoms with Crippen molar-refractivity contribution in [1.29, 1.82) is 0 Å². The van der Waals surface area contributed by atoms with Gasteiger partial charge in [-0.3, -0.25) is 10.1 Å². The highest BCUT2D eigenvalue weighted by atomic mass is 16.4. The molecule has 0 aromatic heterocycles. The van der Waals surface area contributed by atoms with Gasteiger partial charge in [0.1, 0.15) is 5.54 Å². The topological polar surface area (TPSA) is 52.6 Å². The van der Waals surface area contributed by atoms with Gasteiger partial charge in [-0.25, -0.2) is 0 Å². The van der Waals surface area contributed by atoms with Crippen LogP contribution in [0.25, 0.3) is 0 Å². The van der Waals surface area contributed by atoms with Gasteiger partial charge in [-0.05, 0) is 46.1 Å². The second kappa shape index (κ2) is 5.83.